The summed E-state index contributed by atoms with van der Waals surface area (Å²) in [5.41, 5.74) is 0. The molecule has 6 unspecified atom stereocenters. The number of ether oxygens (including phenoxy) is 4. The Morgan fingerprint density at radius 3 is 1.62 bits per heavy atom. The lowest BCUT2D eigenvalue weighted by atomic mass is 10.00. The summed E-state index contributed by atoms with van der Waals surface area (Å²) < 4.78 is 53.9. The second-order valence-corrected chi connectivity index (χ2v) is 16.8. The lowest BCUT2D eigenvalue weighted by Gasteiger charge is -2.40. The maximum absolute atomic E-state index is 12.8. The molecule has 1 rings (SSSR count). The lowest BCUT2D eigenvalue weighted by Crippen LogP contribution is -2.60. The number of esters is 2. The summed E-state index contributed by atoms with van der Waals surface area (Å²) in [5.74, 6) is -2.00. The second-order valence-electron chi connectivity index (χ2n) is 15.3. The van der Waals surface area contributed by atoms with E-state index in [1.165, 1.54) is 51.4 Å². The van der Waals surface area contributed by atoms with Crippen molar-refractivity contribution in [3.8, 4) is 0 Å². The number of allylic oxidation sites excluding steroid dienone is 8. The highest BCUT2D eigenvalue weighted by atomic mass is 32.2. The van der Waals surface area contributed by atoms with E-state index < -0.39 is 71.2 Å². The molecule has 0 aromatic carbocycles. The third kappa shape index (κ3) is 29.8. The Bertz CT molecular complexity index is 1260. The molecule has 0 aromatic heterocycles. The number of carbonyl (C=O) groups excluding carboxylic acids is 2. The van der Waals surface area contributed by atoms with Gasteiger partial charge in [-0.25, -0.2) is 0 Å². The highest BCUT2D eigenvalue weighted by molar-refractivity contribution is 7.85. The van der Waals surface area contributed by atoms with Crippen molar-refractivity contribution in [2.45, 2.75) is 205 Å². The van der Waals surface area contributed by atoms with E-state index in [0.717, 1.165) is 77.0 Å². The molecular weight excluding hydrogens is 765 g/mol. The number of aliphatic hydroxyl groups is 3. The monoisotopic (exact) mass is 843 g/mol. The molecule has 1 fully saturated rings. The van der Waals surface area contributed by atoms with E-state index in [9.17, 15) is 37.9 Å². The Hall–Kier alpha value is -2.39. The van der Waals surface area contributed by atoms with Gasteiger partial charge in [-0.05, 0) is 51.4 Å². The van der Waals surface area contributed by atoms with E-state index in [1.807, 2.05) is 0 Å². The molecule has 13 heteroatoms. The molecule has 12 nitrogen and oxygen atoms in total. The maximum atomic E-state index is 12.8. The van der Waals surface area contributed by atoms with Crippen LogP contribution < -0.4 is 0 Å². The summed E-state index contributed by atoms with van der Waals surface area (Å²) in [5, 5.41) is 30.8. The fraction of sp³-hybridized carbons (Fsp3) is 0.778. The molecule has 0 bridgehead atoms. The van der Waals surface area contributed by atoms with Crippen LogP contribution in [-0.2, 0) is 38.7 Å². The molecule has 58 heavy (non-hydrogen) atoms. The first kappa shape index (κ1) is 53.6. The Kier molecular flexibility index (Phi) is 32.7. The zero-order valence-corrected chi connectivity index (χ0v) is 36.5. The zero-order chi connectivity index (χ0) is 42.7. The molecule has 0 saturated carbocycles. The Balaban J connectivity index is 2.41. The minimum absolute atomic E-state index is 0.154. The van der Waals surface area contributed by atoms with E-state index in [0.29, 0.717) is 12.8 Å². The molecule has 1 aliphatic rings. The van der Waals surface area contributed by atoms with Crippen LogP contribution in [0.1, 0.15) is 168 Å². The SMILES string of the molecule is CC/C=C\C/C=C\C/C=C\C/C=C\CCCCCCCCCCC(=O)OC(COC(=O)CCCCCCCCCCC)COC1OC(CS(=O)(=O)O)C(O)C(O)C1O. The van der Waals surface area contributed by atoms with Gasteiger partial charge in [-0.3, -0.25) is 14.1 Å². The van der Waals surface area contributed by atoms with Gasteiger partial charge in [-0.15, -0.1) is 0 Å². The van der Waals surface area contributed by atoms with Gasteiger partial charge in [-0.2, -0.15) is 8.42 Å². The van der Waals surface area contributed by atoms with Gasteiger partial charge < -0.3 is 34.3 Å². The number of hydrogen-bond acceptors (Lipinski definition) is 11. The number of aliphatic hydroxyl groups excluding tert-OH is 3. The van der Waals surface area contributed by atoms with E-state index in [-0.39, 0.29) is 19.4 Å². The molecule has 1 saturated heterocycles. The van der Waals surface area contributed by atoms with Gasteiger partial charge in [0.25, 0.3) is 10.1 Å². The van der Waals surface area contributed by atoms with Crippen LogP contribution in [0.3, 0.4) is 0 Å². The highest BCUT2D eigenvalue weighted by Gasteiger charge is 2.46. The Morgan fingerprint density at radius 2 is 1.09 bits per heavy atom. The van der Waals surface area contributed by atoms with E-state index in [2.05, 4.69) is 62.5 Å². The van der Waals surface area contributed by atoms with Crippen molar-refractivity contribution in [2.24, 2.45) is 0 Å². The van der Waals surface area contributed by atoms with Crippen molar-refractivity contribution >= 4 is 22.1 Å². The highest BCUT2D eigenvalue weighted by Crippen LogP contribution is 2.24. The third-order valence-electron chi connectivity index (χ3n) is 9.92. The van der Waals surface area contributed by atoms with Crippen LogP contribution in [-0.4, -0.2) is 96.0 Å². The predicted molar refractivity (Wildman–Crippen MR) is 229 cm³/mol. The molecule has 0 aromatic rings. The van der Waals surface area contributed by atoms with Crippen LogP contribution >= 0.6 is 0 Å². The van der Waals surface area contributed by atoms with Gasteiger partial charge in [0.15, 0.2) is 12.4 Å². The van der Waals surface area contributed by atoms with Crippen molar-refractivity contribution in [3.63, 3.8) is 0 Å². The van der Waals surface area contributed by atoms with E-state index >= 15 is 0 Å². The fourth-order valence-corrected chi connectivity index (χ4v) is 7.18. The van der Waals surface area contributed by atoms with Crippen LogP contribution in [0.5, 0.6) is 0 Å². The molecule has 1 aliphatic heterocycles. The smallest absolute Gasteiger partial charge is 0.306 e. The van der Waals surface area contributed by atoms with E-state index in [1.54, 1.807) is 0 Å². The van der Waals surface area contributed by atoms with Crippen LogP contribution in [0, 0.1) is 0 Å². The summed E-state index contributed by atoms with van der Waals surface area (Å²) >= 11 is 0. The van der Waals surface area contributed by atoms with Crippen LogP contribution in [0.25, 0.3) is 0 Å². The van der Waals surface area contributed by atoms with Crippen molar-refractivity contribution < 1.29 is 56.8 Å². The number of hydrogen-bond donors (Lipinski definition) is 4. The Morgan fingerprint density at radius 1 is 0.603 bits per heavy atom. The first-order valence-corrected chi connectivity index (χ1v) is 23.8. The van der Waals surface area contributed by atoms with Gasteiger partial charge in [0, 0.05) is 12.8 Å². The first-order valence-electron chi connectivity index (χ1n) is 22.2. The van der Waals surface area contributed by atoms with Crippen molar-refractivity contribution in [2.75, 3.05) is 19.0 Å². The standard InChI is InChI=1S/C45H78O12S/c1-3-5-7-9-11-13-14-15-16-17-18-19-20-21-22-23-24-26-28-30-32-34-41(47)56-38(35-54-40(46)33-31-29-27-25-12-10-8-6-4-2)36-55-45-44(50)43(49)42(48)39(57-45)37-58(51,52)53/h5,7,11,13,15-16,18-19,38-39,42-45,48-50H,3-4,6,8-10,12,14,17,20-37H2,1-2H3,(H,51,52,53)/b7-5-,13-11-,16-15-,19-18-. The summed E-state index contributed by atoms with van der Waals surface area (Å²) in [6.07, 6.45) is 31.7. The minimum atomic E-state index is -4.60. The van der Waals surface area contributed by atoms with Gasteiger partial charge in [0.05, 0.1) is 6.61 Å². The largest absolute Gasteiger partial charge is 0.462 e. The van der Waals surface area contributed by atoms with Gasteiger partial charge >= 0.3 is 11.9 Å². The topological polar surface area (TPSA) is 186 Å². The fourth-order valence-electron chi connectivity index (χ4n) is 6.49. The van der Waals surface area contributed by atoms with Gasteiger partial charge in [-0.1, -0.05) is 152 Å². The summed E-state index contributed by atoms with van der Waals surface area (Å²) in [6.45, 7) is 3.60. The lowest BCUT2D eigenvalue weighted by molar-refractivity contribution is -0.297. The average Bonchev–Trinajstić information content (AvgIpc) is 3.18. The van der Waals surface area contributed by atoms with Crippen LogP contribution in [0.4, 0.5) is 0 Å². The van der Waals surface area contributed by atoms with Crippen molar-refractivity contribution in [3.05, 3.63) is 48.6 Å². The maximum Gasteiger partial charge on any atom is 0.306 e. The van der Waals surface area contributed by atoms with Crippen LogP contribution in [0.2, 0.25) is 0 Å². The minimum Gasteiger partial charge on any atom is -0.462 e. The predicted octanol–water partition coefficient (Wildman–Crippen LogP) is 8.78. The summed E-state index contributed by atoms with van der Waals surface area (Å²) in [7, 11) is -4.60. The molecule has 0 radical (unpaired) electrons. The zero-order valence-electron chi connectivity index (χ0n) is 35.6. The number of rotatable bonds is 36. The van der Waals surface area contributed by atoms with Crippen molar-refractivity contribution in [1.82, 2.24) is 0 Å². The molecule has 0 amide bonds. The molecule has 0 aliphatic carbocycles. The first-order chi connectivity index (χ1) is 28.0. The summed E-state index contributed by atoms with van der Waals surface area (Å²) in [6, 6.07) is 0. The molecule has 6 atom stereocenters. The van der Waals surface area contributed by atoms with Crippen molar-refractivity contribution in [1.29, 1.82) is 0 Å². The number of unbranched alkanes of at least 4 members (excludes halogenated alkanes) is 16. The Labute approximate surface area is 350 Å². The van der Waals surface area contributed by atoms with Crippen LogP contribution in [0.15, 0.2) is 48.6 Å². The number of carbonyl (C=O) groups is 2. The molecular formula is C45H78O12S. The summed E-state index contributed by atoms with van der Waals surface area (Å²) in [4.78, 5) is 25.3. The molecule has 4 N–H and O–H groups in total. The normalized spacial score (nSPS) is 20.8. The molecule has 1 heterocycles. The third-order valence-corrected chi connectivity index (χ3v) is 10.7. The molecule has 336 valence electrons. The van der Waals surface area contributed by atoms with Gasteiger partial charge in [0.2, 0.25) is 0 Å². The van der Waals surface area contributed by atoms with E-state index in [4.69, 9.17) is 18.9 Å². The average molecular weight is 843 g/mol. The van der Waals surface area contributed by atoms with Gasteiger partial charge in [0.1, 0.15) is 36.8 Å². The molecule has 0 spiro atoms. The second kappa shape index (κ2) is 35.4. The quantitative estimate of drug-likeness (QED) is 0.0204.